The van der Waals surface area contributed by atoms with Crippen molar-refractivity contribution >= 4 is 38.2 Å². The van der Waals surface area contributed by atoms with Gasteiger partial charge >= 0.3 is 21.3 Å². The van der Waals surface area contributed by atoms with Gasteiger partial charge in [-0.15, -0.1) is 0 Å². The minimum Gasteiger partial charge on any atom is -0.387 e. The fourth-order valence-corrected chi connectivity index (χ4v) is 4.11. The topological polar surface area (TPSA) is 323 Å². The standard InChI is InChI=1S/C9H13IN2O12P2.3H3N/c10-3-1-12(9(16)11-7(3)15)8-6(14)5(13)4(23-8)2-22-26(20,21)24-25(17,18)19;;;/h1,4-6,8,13-14H,2H2,(H,20,21)(H,11,15,16)(H2,17,18,19);3*1H3/t4-,5?,6+,8-;;;/m1.../s1. The first-order valence-electron chi connectivity index (χ1n) is 6.57. The summed E-state index contributed by atoms with van der Waals surface area (Å²) in [5.74, 6) is 0. The van der Waals surface area contributed by atoms with Crippen molar-refractivity contribution in [3.63, 3.8) is 0 Å². The van der Waals surface area contributed by atoms with E-state index in [1.165, 1.54) is 0 Å². The third kappa shape index (κ3) is 7.89. The van der Waals surface area contributed by atoms with Gasteiger partial charge < -0.3 is 48.1 Å². The number of halogens is 1. The van der Waals surface area contributed by atoms with Gasteiger partial charge in [-0.25, -0.2) is 13.9 Å². The molecule has 2 heterocycles. The fraction of sp³-hybridized carbons (Fsp3) is 0.556. The summed E-state index contributed by atoms with van der Waals surface area (Å²) in [7, 11) is -10.5. The van der Waals surface area contributed by atoms with Gasteiger partial charge in [0.1, 0.15) is 18.3 Å². The number of hydrogen-bond donors (Lipinski definition) is 9. The quantitative estimate of drug-likeness (QED) is 0.136. The lowest BCUT2D eigenvalue weighted by Gasteiger charge is -2.18. The Morgan fingerprint density at radius 2 is 1.69 bits per heavy atom. The SMILES string of the molecule is N.N.N.O=c1[nH]c(=O)n([C@@H]2O[C@H](COP(=O)(O)OP(=O)(O)O)C(O)[C@@H]2O)cc1I. The van der Waals surface area contributed by atoms with E-state index >= 15 is 0 Å². The Balaban J connectivity index is 0. The number of aromatic amines is 1. The van der Waals surface area contributed by atoms with Crippen LogP contribution in [-0.2, 0) is 22.7 Å². The molecule has 1 aliphatic rings. The molecule has 172 valence electrons. The Morgan fingerprint density at radius 3 is 2.21 bits per heavy atom. The van der Waals surface area contributed by atoms with Crippen LogP contribution in [0.2, 0.25) is 0 Å². The smallest absolute Gasteiger partial charge is 0.387 e. The van der Waals surface area contributed by atoms with E-state index in [-0.39, 0.29) is 22.0 Å². The maximum absolute atomic E-state index is 11.8. The molecule has 17 nitrogen and oxygen atoms in total. The van der Waals surface area contributed by atoms with Crippen LogP contribution in [0.4, 0.5) is 0 Å². The van der Waals surface area contributed by atoms with Gasteiger partial charge in [0, 0.05) is 6.20 Å². The van der Waals surface area contributed by atoms with Crippen LogP contribution >= 0.6 is 38.2 Å². The van der Waals surface area contributed by atoms with Crippen molar-refractivity contribution in [3.8, 4) is 0 Å². The molecule has 0 saturated carbocycles. The number of aromatic nitrogens is 2. The first-order chi connectivity index (χ1) is 11.8. The van der Waals surface area contributed by atoms with Crippen molar-refractivity contribution in [2.24, 2.45) is 0 Å². The van der Waals surface area contributed by atoms with Gasteiger partial charge in [0.2, 0.25) is 0 Å². The van der Waals surface area contributed by atoms with Crippen molar-refractivity contribution in [1.82, 2.24) is 28.0 Å². The van der Waals surface area contributed by atoms with Crippen LogP contribution in [0.15, 0.2) is 15.8 Å². The predicted octanol–water partition coefficient (Wildman–Crippen LogP) is -1.53. The van der Waals surface area contributed by atoms with Crippen LogP contribution in [-0.4, -0.2) is 59.4 Å². The monoisotopic (exact) mass is 581 g/mol. The van der Waals surface area contributed by atoms with E-state index < -0.39 is 58.0 Å². The summed E-state index contributed by atoms with van der Waals surface area (Å²) in [5, 5.41) is 19.9. The largest absolute Gasteiger partial charge is 0.481 e. The number of aliphatic hydroxyl groups is 2. The maximum Gasteiger partial charge on any atom is 0.481 e. The van der Waals surface area contributed by atoms with E-state index in [9.17, 15) is 33.8 Å². The van der Waals surface area contributed by atoms with E-state index in [2.05, 4.69) is 8.83 Å². The predicted molar refractivity (Wildman–Crippen MR) is 104 cm³/mol. The number of phosphoric ester groups is 1. The number of phosphoric acid groups is 2. The minimum atomic E-state index is -5.32. The van der Waals surface area contributed by atoms with Crippen molar-refractivity contribution in [3.05, 3.63) is 30.6 Å². The van der Waals surface area contributed by atoms with Crippen LogP contribution in [0, 0.1) is 3.57 Å². The third-order valence-corrected chi connectivity index (χ3v) is 6.07. The summed E-state index contributed by atoms with van der Waals surface area (Å²) in [6.45, 7) is -0.905. The molecular formula is C9H22IN5O12P2. The van der Waals surface area contributed by atoms with E-state index in [0.29, 0.717) is 0 Å². The molecule has 2 unspecified atom stereocenters. The van der Waals surface area contributed by atoms with Crippen LogP contribution in [0.25, 0.3) is 0 Å². The highest BCUT2D eigenvalue weighted by molar-refractivity contribution is 14.1. The van der Waals surface area contributed by atoms with Crippen LogP contribution < -0.4 is 29.7 Å². The lowest BCUT2D eigenvalue weighted by molar-refractivity contribution is -0.0543. The van der Waals surface area contributed by atoms with Gasteiger partial charge in [-0.3, -0.25) is 18.9 Å². The van der Waals surface area contributed by atoms with Gasteiger partial charge in [-0.1, -0.05) is 0 Å². The third-order valence-electron chi connectivity index (χ3n) is 3.15. The number of ether oxygens (including phenoxy) is 1. The normalized spacial score (nSPS) is 25.9. The van der Waals surface area contributed by atoms with E-state index in [1.807, 2.05) is 4.98 Å². The zero-order valence-corrected chi connectivity index (χ0v) is 18.5. The van der Waals surface area contributed by atoms with Gasteiger partial charge in [0.15, 0.2) is 6.23 Å². The Labute approximate surface area is 175 Å². The Kier molecular flexibility index (Phi) is 11.8. The molecule has 15 N–H and O–H groups in total. The summed E-state index contributed by atoms with van der Waals surface area (Å²) in [4.78, 5) is 51.3. The van der Waals surface area contributed by atoms with E-state index in [1.54, 1.807) is 22.6 Å². The molecule has 0 aliphatic carbocycles. The molecule has 29 heavy (non-hydrogen) atoms. The first kappa shape index (κ1) is 30.6. The molecule has 0 aromatic carbocycles. The Bertz CT molecular complexity index is 887. The highest BCUT2D eigenvalue weighted by Gasteiger charge is 2.45. The molecule has 20 heteroatoms. The second-order valence-corrected chi connectivity index (χ2v) is 9.02. The van der Waals surface area contributed by atoms with Gasteiger partial charge in [0.25, 0.3) is 5.56 Å². The number of H-pyrrole nitrogens is 1. The van der Waals surface area contributed by atoms with E-state index in [4.69, 9.17) is 14.5 Å². The summed E-state index contributed by atoms with van der Waals surface area (Å²) >= 11 is 1.62. The number of aliphatic hydroxyl groups excluding tert-OH is 2. The fourth-order valence-electron chi connectivity index (χ4n) is 2.07. The molecule has 5 atom stereocenters. The molecule has 0 spiro atoms. The summed E-state index contributed by atoms with van der Waals surface area (Å²) in [6.07, 6.45) is -5.21. The number of nitrogens with zero attached hydrogens (tertiary/aromatic N) is 1. The maximum atomic E-state index is 11.8. The van der Waals surface area contributed by atoms with Gasteiger partial charge in [-0.05, 0) is 22.6 Å². The molecule has 0 radical (unpaired) electrons. The second-order valence-electron chi connectivity index (χ2n) is 5.03. The molecule has 1 aromatic heterocycles. The first-order valence-corrected chi connectivity index (χ1v) is 10.7. The summed E-state index contributed by atoms with van der Waals surface area (Å²) in [5.41, 5.74) is -1.61. The van der Waals surface area contributed by atoms with Crippen molar-refractivity contribution < 1.29 is 47.6 Å². The molecule has 0 amide bonds. The molecule has 1 aliphatic heterocycles. The second kappa shape index (κ2) is 11.2. The highest BCUT2D eigenvalue weighted by Crippen LogP contribution is 2.57. The zero-order valence-electron chi connectivity index (χ0n) is 14.5. The highest BCUT2D eigenvalue weighted by atomic mass is 127. The molecule has 1 aromatic rings. The average Bonchev–Trinajstić information content (AvgIpc) is 2.75. The van der Waals surface area contributed by atoms with Crippen LogP contribution in [0.3, 0.4) is 0 Å². The summed E-state index contributed by atoms with van der Waals surface area (Å²) < 4.78 is 35.9. The molecule has 1 saturated heterocycles. The molecule has 0 bridgehead atoms. The Morgan fingerprint density at radius 1 is 1.14 bits per heavy atom. The van der Waals surface area contributed by atoms with Crippen molar-refractivity contribution in [2.45, 2.75) is 24.5 Å². The summed E-state index contributed by atoms with van der Waals surface area (Å²) in [6, 6.07) is 0. The van der Waals surface area contributed by atoms with Gasteiger partial charge in [0.05, 0.1) is 10.2 Å². The zero-order chi connectivity index (χ0) is 19.9. The average molecular weight is 581 g/mol. The number of hydrogen-bond acceptors (Lipinski definition) is 12. The lowest BCUT2D eigenvalue weighted by Crippen LogP contribution is -2.38. The Hall–Kier alpha value is -0.570. The van der Waals surface area contributed by atoms with E-state index in [0.717, 1.165) is 10.8 Å². The molecule has 2 rings (SSSR count). The molecule has 1 fully saturated rings. The van der Waals surface area contributed by atoms with Gasteiger partial charge in [-0.2, -0.15) is 4.31 Å². The minimum absolute atomic E-state index is 0. The number of nitrogens with one attached hydrogen (secondary N) is 1. The number of rotatable bonds is 6. The van der Waals surface area contributed by atoms with Crippen molar-refractivity contribution in [1.29, 1.82) is 0 Å². The van der Waals surface area contributed by atoms with Crippen molar-refractivity contribution in [2.75, 3.05) is 6.61 Å². The molecular weight excluding hydrogens is 559 g/mol. The van der Waals surface area contributed by atoms with Crippen LogP contribution in [0.5, 0.6) is 0 Å². The lowest BCUT2D eigenvalue weighted by atomic mass is 10.1. The van der Waals surface area contributed by atoms with Crippen LogP contribution in [0.1, 0.15) is 6.23 Å².